The van der Waals surface area contributed by atoms with Gasteiger partial charge in [-0.25, -0.2) is 9.50 Å². The molecule has 0 bridgehead atoms. The Kier molecular flexibility index (Phi) is 3.56. The van der Waals surface area contributed by atoms with Gasteiger partial charge in [0.05, 0.1) is 31.4 Å². The molecule has 0 aromatic carbocycles. The van der Waals surface area contributed by atoms with Crippen LogP contribution >= 0.6 is 0 Å². The molecule has 1 N–H and O–H groups in total. The topological polar surface area (TPSA) is 117 Å². The number of pyridine rings is 1. The number of carbonyl (C=O) groups is 1. The minimum absolute atomic E-state index is 0.0231. The first-order chi connectivity index (χ1) is 12.6. The molecule has 3 aromatic rings. The van der Waals surface area contributed by atoms with Gasteiger partial charge in [0.15, 0.2) is 5.82 Å². The van der Waals surface area contributed by atoms with Crippen molar-refractivity contribution in [2.75, 3.05) is 18.6 Å². The molecule has 0 unspecified atom stereocenters. The third-order valence-corrected chi connectivity index (χ3v) is 4.34. The summed E-state index contributed by atoms with van der Waals surface area (Å²) in [4.78, 5) is 22.7. The Balaban J connectivity index is 1.83. The molecule has 9 heteroatoms. The highest BCUT2D eigenvalue weighted by Gasteiger charge is 2.47. The van der Waals surface area contributed by atoms with Crippen molar-refractivity contribution in [2.24, 2.45) is 0 Å². The van der Waals surface area contributed by atoms with Crippen LogP contribution in [0.15, 0.2) is 36.8 Å². The number of rotatable bonds is 3. The molecule has 0 spiro atoms. The largest absolute Gasteiger partial charge is 0.495 e. The highest BCUT2D eigenvalue weighted by molar-refractivity contribution is 6.05. The number of nitriles is 1. The Morgan fingerprint density at radius 2 is 2.19 bits per heavy atom. The Morgan fingerprint density at radius 3 is 2.85 bits per heavy atom. The molecule has 1 fully saturated rings. The van der Waals surface area contributed by atoms with E-state index in [9.17, 15) is 9.90 Å². The number of methoxy groups -OCH3 is 1. The van der Waals surface area contributed by atoms with E-state index in [1.54, 1.807) is 54.5 Å². The van der Waals surface area contributed by atoms with Gasteiger partial charge < -0.3 is 9.84 Å². The van der Waals surface area contributed by atoms with Crippen molar-refractivity contribution in [3.8, 4) is 23.2 Å². The zero-order valence-corrected chi connectivity index (χ0v) is 13.8. The second-order valence-corrected chi connectivity index (χ2v) is 5.87. The minimum atomic E-state index is -2.02. The van der Waals surface area contributed by atoms with E-state index in [0.717, 1.165) is 0 Å². The van der Waals surface area contributed by atoms with E-state index < -0.39 is 11.5 Å². The Hall–Kier alpha value is -3.51. The summed E-state index contributed by atoms with van der Waals surface area (Å²) < 4.78 is 6.69. The van der Waals surface area contributed by atoms with Crippen LogP contribution < -0.4 is 9.64 Å². The molecule has 3 aromatic heterocycles. The van der Waals surface area contributed by atoms with E-state index in [1.807, 2.05) is 0 Å². The highest BCUT2D eigenvalue weighted by Crippen LogP contribution is 2.31. The first-order valence-electron chi connectivity index (χ1n) is 7.86. The molecule has 9 nitrogen and oxygen atoms in total. The Labute approximate surface area is 148 Å². The van der Waals surface area contributed by atoms with Crippen molar-refractivity contribution in [3.63, 3.8) is 0 Å². The van der Waals surface area contributed by atoms with E-state index in [2.05, 4.69) is 15.1 Å². The van der Waals surface area contributed by atoms with Crippen LogP contribution in [0.4, 0.5) is 5.82 Å². The number of anilines is 1. The molecule has 1 amide bonds. The van der Waals surface area contributed by atoms with Gasteiger partial charge in [-0.3, -0.25) is 14.7 Å². The van der Waals surface area contributed by atoms with Crippen LogP contribution in [0.3, 0.4) is 0 Å². The summed E-state index contributed by atoms with van der Waals surface area (Å²) in [6, 6.07) is 6.90. The normalized spacial score (nSPS) is 19.7. The average molecular weight is 350 g/mol. The van der Waals surface area contributed by atoms with Crippen molar-refractivity contribution in [2.45, 2.75) is 12.0 Å². The van der Waals surface area contributed by atoms with Crippen molar-refractivity contribution in [1.82, 2.24) is 19.6 Å². The molecule has 26 heavy (non-hydrogen) atoms. The second-order valence-electron chi connectivity index (χ2n) is 5.87. The van der Waals surface area contributed by atoms with Gasteiger partial charge in [-0.1, -0.05) is 0 Å². The monoisotopic (exact) mass is 350 g/mol. The zero-order valence-electron chi connectivity index (χ0n) is 13.8. The maximum absolute atomic E-state index is 12.5. The van der Waals surface area contributed by atoms with Crippen LogP contribution in [0.1, 0.15) is 6.42 Å². The fraction of sp³-hybridized carbons (Fsp3) is 0.235. The summed E-state index contributed by atoms with van der Waals surface area (Å²) in [7, 11) is 1.55. The average Bonchev–Trinajstić information content (AvgIpc) is 3.27. The molecule has 1 aliphatic rings. The third-order valence-electron chi connectivity index (χ3n) is 4.34. The van der Waals surface area contributed by atoms with Crippen LogP contribution in [-0.2, 0) is 4.79 Å². The van der Waals surface area contributed by atoms with E-state index in [-0.39, 0.29) is 13.0 Å². The van der Waals surface area contributed by atoms with Gasteiger partial charge in [0.25, 0.3) is 5.91 Å². The van der Waals surface area contributed by atoms with Gasteiger partial charge in [-0.2, -0.15) is 10.4 Å². The van der Waals surface area contributed by atoms with Crippen molar-refractivity contribution in [3.05, 3.63) is 36.8 Å². The SMILES string of the molecule is COc1ccc(-c2cn3nccc3c(N3CC[C@](O)(C#N)C3=O)n2)nc1. The van der Waals surface area contributed by atoms with Crippen LogP contribution in [0.5, 0.6) is 5.75 Å². The maximum atomic E-state index is 12.5. The van der Waals surface area contributed by atoms with Crippen LogP contribution in [0.25, 0.3) is 16.9 Å². The number of ether oxygens (including phenoxy) is 1. The summed E-state index contributed by atoms with van der Waals surface area (Å²) in [5.74, 6) is 0.257. The number of hydrogen-bond donors (Lipinski definition) is 1. The van der Waals surface area contributed by atoms with Crippen molar-refractivity contribution in [1.29, 1.82) is 5.26 Å². The molecular weight excluding hydrogens is 336 g/mol. The molecule has 130 valence electrons. The van der Waals surface area contributed by atoms with Gasteiger partial charge in [0.1, 0.15) is 23.0 Å². The summed E-state index contributed by atoms with van der Waals surface area (Å²) in [5.41, 5.74) is -0.351. The zero-order chi connectivity index (χ0) is 18.3. The quantitative estimate of drug-likeness (QED) is 0.694. The van der Waals surface area contributed by atoms with Crippen LogP contribution in [0, 0.1) is 11.3 Å². The number of aliphatic hydroxyl groups is 1. The fourth-order valence-corrected chi connectivity index (χ4v) is 2.90. The fourth-order valence-electron chi connectivity index (χ4n) is 2.90. The number of carbonyl (C=O) groups excluding carboxylic acids is 1. The molecule has 1 aliphatic heterocycles. The van der Waals surface area contributed by atoms with Crippen molar-refractivity contribution >= 4 is 17.2 Å². The molecule has 4 rings (SSSR count). The molecule has 0 radical (unpaired) electrons. The molecule has 0 saturated carbocycles. The molecular formula is C17H14N6O3. The summed E-state index contributed by atoms with van der Waals surface area (Å²) in [5, 5.41) is 23.5. The standard InChI is InChI=1S/C17H14N6O3/c1-26-11-2-3-12(19-8-11)13-9-23-14(4-6-20-23)15(21-13)22-7-5-17(25,10-18)16(22)24/h2-4,6,8-9,25H,5,7H2,1H3/t17-/m0/s1. The first kappa shape index (κ1) is 16.0. The van der Waals surface area contributed by atoms with Gasteiger partial charge in [-0.05, 0) is 18.2 Å². The van der Waals surface area contributed by atoms with Gasteiger partial charge in [-0.15, -0.1) is 0 Å². The molecule has 4 heterocycles. The number of nitrogens with zero attached hydrogens (tertiary/aromatic N) is 6. The minimum Gasteiger partial charge on any atom is -0.495 e. The predicted octanol–water partition coefficient (Wildman–Crippen LogP) is 0.791. The highest BCUT2D eigenvalue weighted by atomic mass is 16.5. The summed E-state index contributed by atoms with van der Waals surface area (Å²) >= 11 is 0. The number of fused-ring (bicyclic) bond motifs is 1. The molecule has 1 atom stereocenters. The predicted molar refractivity (Wildman–Crippen MR) is 90.3 cm³/mol. The van der Waals surface area contributed by atoms with Crippen molar-refractivity contribution < 1.29 is 14.6 Å². The van der Waals surface area contributed by atoms with Crippen LogP contribution in [-0.4, -0.2) is 49.9 Å². The summed E-state index contributed by atoms with van der Waals surface area (Å²) in [6.45, 7) is 0.191. The second kappa shape index (κ2) is 5.79. The van der Waals surface area contributed by atoms with E-state index in [4.69, 9.17) is 10.00 Å². The Bertz CT molecular complexity index is 1040. The van der Waals surface area contributed by atoms with Gasteiger partial charge in [0.2, 0.25) is 5.60 Å². The van der Waals surface area contributed by atoms with E-state index in [0.29, 0.717) is 28.5 Å². The van der Waals surface area contributed by atoms with Gasteiger partial charge in [0, 0.05) is 13.0 Å². The summed E-state index contributed by atoms with van der Waals surface area (Å²) in [6.07, 6.45) is 4.88. The van der Waals surface area contributed by atoms with Gasteiger partial charge >= 0.3 is 0 Å². The smallest absolute Gasteiger partial charge is 0.275 e. The lowest BCUT2D eigenvalue weighted by Crippen LogP contribution is -2.39. The number of hydrogen-bond acceptors (Lipinski definition) is 7. The first-order valence-corrected chi connectivity index (χ1v) is 7.86. The number of amides is 1. The number of aromatic nitrogens is 4. The lowest BCUT2D eigenvalue weighted by molar-refractivity contribution is -0.128. The van der Waals surface area contributed by atoms with Crippen LogP contribution in [0.2, 0.25) is 0 Å². The van der Waals surface area contributed by atoms with E-state index in [1.165, 1.54) is 4.90 Å². The lowest BCUT2D eigenvalue weighted by atomic mass is 10.1. The third kappa shape index (κ3) is 2.35. The lowest BCUT2D eigenvalue weighted by Gasteiger charge is -2.18. The Morgan fingerprint density at radius 1 is 1.35 bits per heavy atom. The van der Waals surface area contributed by atoms with E-state index >= 15 is 0 Å². The molecule has 1 saturated heterocycles. The maximum Gasteiger partial charge on any atom is 0.275 e. The molecule has 0 aliphatic carbocycles.